The summed E-state index contributed by atoms with van der Waals surface area (Å²) >= 11 is 0. The van der Waals surface area contributed by atoms with E-state index in [9.17, 15) is 4.79 Å². The number of nitrogens with one attached hydrogen (secondary N) is 2. The second-order valence-electron chi connectivity index (χ2n) is 6.52. The monoisotopic (exact) mass is 359 g/mol. The number of nitrogens with zero attached hydrogens (tertiary/aromatic N) is 1. The minimum Gasteiger partial charge on any atom is -0.341 e. The fourth-order valence-corrected chi connectivity index (χ4v) is 6.13. The van der Waals surface area contributed by atoms with Gasteiger partial charge in [-0.1, -0.05) is 34.4 Å². The van der Waals surface area contributed by atoms with Crippen molar-refractivity contribution in [2.24, 2.45) is 0 Å². The quantitative estimate of drug-likeness (QED) is 0.584. The fraction of sp³-hybridized carbons (Fsp3) is 0.941. The molecule has 2 fully saturated rings. The van der Waals surface area contributed by atoms with Crippen LogP contribution in [0.5, 0.6) is 0 Å². The van der Waals surface area contributed by atoms with Gasteiger partial charge < -0.3 is 15.5 Å². The Hall–Kier alpha value is 0.0900. The molecule has 4 nitrogen and oxygen atoms in total. The summed E-state index contributed by atoms with van der Waals surface area (Å²) < 4.78 is 0. The van der Waals surface area contributed by atoms with E-state index in [1.807, 2.05) is 10.8 Å². The molecule has 134 valence electrons. The standard InChI is InChI=1S/C17H33N3OS2/c21-17(7-3-2-6-16-8-15-22-23-16)20-13-5-1-4-9-18-10-11-19-12-14-20/h16,18-19H,1-15H2. The molecule has 1 unspecified atom stereocenters. The van der Waals surface area contributed by atoms with Gasteiger partial charge in [-0.25, -0.2) is 0 Å². The molecule has 0 saturated carbocycles. The molecule has 0 aromatic carbocycles. The van der Waals surface area contributed by atoms with E-state index in [-0.39, 0.29) is 0 Å². The number of rotatable bonds is 5. The first-order valence-electron chi connectivity index (χ1n) is 9.34. The van der Waals surface area contributed by atoms with E-state index in [1.54, 1.807) is 0 Å². The minimum absolute atomic E-state index is 0.371. The van der Waals surface area contributed by atoms with E-state index in [4.69, 9.17) is 0 Å². The molecule has 0 aromatic rings. The Bertz CT molecular complexity index is 313. The van der Waals surface area contributed by atoms with Gasteiger partial charge in [0.2, 0.25) is 5.91 Å². The third kappa shape index (κ3) is 8.66. The van der Waals surface area contributed by atoms with Gasteiger partial charge in [-0.2, -0.15) is 0 Å². The van der Waals surface area contributed by atoms with Crippen LogP contribution >= 0.6 is 21.6 Å². The summed E-state index contributed by atoms with van der Waals surface area (Å²) in [5, 5.41) is 7.72. The number of unbranched alkanes of at least 4 members (excludes halogenated alkanes) is 1. The second-order valence-corrected chi connectivity index (χ2v) is 9.30. The first-order chi connectivity index (χ1) is 11.4. The Morgan fingerprint density at radius 3 is 2.70 bits per heavy atom. The zero-order chi connectivity index (χ0) is 16.2. The van der Waals surface area contributed by atoms with Gasteiger partial charge in [0, 0.05) is 50.1 Å². The van der Waals surface area contributed by atoms with E-state index in [0.29, 0.717) is 5.91 Å². The zero-order valence-corrected chi connectivity index (χ0v) is 16.0. The van der Waals surface area contributed by atoms with E-state index in [2.05, 4.69) is 26.3 Å². The number of hydrogen-bond donors (Lipinski definition) is 2. The lowest BCUT2D eigenvalue weighted by Crippen LogP contribution is -2.39. The van der Waals surface area contributed by atoms with Crippen LogP contribution in [0.15, 0.2) is 0 Å². The highest BCUT2D eigenvalue weighted by Gasteiger charge is 2.17. The largest absolute Gasteiger partial charge is 0.341 e. The molecule has 0 aliphatic carbocycles. The smallest absolute Gasteiger partial charge is 0.222 e. The SMILES string of the molecule is O=C(CCCCC1CCSS1)N1CCCCCNCCNCC1. The number of carbonyl (C=O) groups excluding carboxylic acids is 1. The number of hydrogen-bond acceptors (Lipinski definition) is 5. The maximum absolute atomic E-state index is 12.5. The molecular weight excluding hydrogens is 326 g/mol. The van der Waals surface area contributed by atoms with Crippen molar-refractivity contribution in [3.05, 3.63) is 0 Å². The molecule has 23 heavy (non-hydrogen) atoms. The maximum atomic E-state index is 12.5. The van der Waals surface area contributed by atoms with Gasteiger partial charge in [-0.3, -0.25) is 4.79 Å². The van der Waals surface area contributed by atoms with Gasteiger partial charge in [0.15, 0.2) is 0 Å². The molecular formula is C17H33N3OS2. The molecule has 0 spiro atoms. The lowest BCUT2D eigenvalue weighted by Gasteiger charge is -2.24. The summed E-state index contributed by atoms with van der Waals surface area (Å²) in [5.74, 6) is 1.68. The van der Waals surface area contributed by atoms with Crippen molar-refractivity contribution in [1.29, 1.82) is 0 Å². The van der Waals surface area contributed by atoms with Crippen LogP contribution in [-0.2, 0) is 4.79 Å². The van der Waals surface area contributed by atoms with Gasteiger partial charge in [0.05, 0.1) is 0 Å². The molecule has 2 rings (SSSR count). The maximum Gasteiger partial charge on any atom is 0.222 e. The Balaban J connectivity index is 1.62. The first-order valence-corrected chi connectivity index (χ1v) is 11.7. The van der Waals surface area contributed by atoms with Crippen molar-refractivity contribution in [3.63, 3.8) is 0 Å². The van der Waals surface area contributed by atoms with E-state index < -0.39 is 0 Å². The minimum atomic E-state index is 0.371. The molecule has 1 atom stereocenters. The van der Waals surface area contributed by atoms with Crippen molar-refractivity contribution in [2.45, 2.75) is 56.6 Å². The predicted octanol–water partition coefficient (Wildman–Crippen LogP) is 2.89. The highest BCUT2D eigenvalue weighted by molar-refractivity contribution is 8.77. The van der Waals surface area contributed by atoms with E-state index in [1.165, 1.54) is 37.9 Å². The average molecular weight is 360 g/mol. The van der Waals surface area contributed by atoms with Crippen LogP contribution < -0.4 is 10.6 Å². The van der Waals surface area contributed by atoms with Crippen LogP contribution in [-0.4, -0.2) is 61.1 Å². The highest BCUT2D eigenvalue weighted by Crippen LogP contribution is 2.39. The summed E-state index contributed by atoms with van der Waals surface area (Å²) in [5.41, 5.74) is 0. The van der Waals surface area contributed by atoms with Crippen LogP contribution in [0.1, 0.15) is 51.4 Å². The molecule has 2 aliphatic heterocycles. The van der Waals surface area contributed by atoms with Gasteiger partial charge in [-0.15, -0.1) is 0 Å². The normalized spacial score (nSPS) is 24.9. The van der Waals surface area contributed by atoms with Crippen molar-refractivity contribution in [1.82, 2.24) is 15.5 Å². The summed E-state index contributed by atoms with van der Waals surface area (Å²) in [4.78, 5) is 14.6. The predicted molar refractivity (Wildman–Crippen MR) is 103 cm³/mol. The number of carbonyl (C=O) groups is 1. The van der Waals surface area contributed by atoms with Crippen LogP contribution in [0.2, 0.25) is 0 Å². The fourth-order valence-electron chi connectivity index (χ4n) is 3.10. The van der Waals surface area contributed by atoms with Crippen molar-refractivity contribution >= 4 is 27.5 Å². The van der Waals surface area contributed by atoms with E-state index in [0.717, 1.165) is 63.8 Å². The van der Waals surface area contributed by atoms with Crippen LogP contribution in [0.4, 0.5) is 0 Å². The first kappa shape index (κ1) is 19.4. The molecule has 0 bridgehead atoms. The molecule has 0 radical (unpaired) electrons. The molecule has 2 heterocycles. The topological polar surface area (TPSA) is 44.4 Å². The Labute approximate surface area is 149 Å². The summed E-state index contributed by atoms with van der Waals surface area (Å²) in [6, 6.07) is 0. The average Bonchev–Trinajstić information content (AvgIpc) is 3.05. The molecule has 2 aliphatic rings. The molecule has 2 N–H and O–H groups in total. The number of amides is 1. The van der Waals surface area contributed by atoms with Crippen LogP contribution in [0.25, 0.3) is 0 Å². The highest BCUT2D eigenvalue weighted by atomic mass is 33.1. The molecule has 1 amide bonds. The lowest BCUT2D eigenvalue weighted by molar-refractivity contribution is -0.131. The van der Waals surface area contributed by atoms with Gasteiger partial charge >= 0.3 is 0 Å². The van der Waals surface area contributed by atoms with Crippen molar-refractivity contribution in [3.8, 4) is 0 Å². The Kier molecular flexibility index (Phi) is 10.5. The summed E-state index contributed by atoms with van der Waals surface area (Å²) in [6.07, 6.45) is 9.25. The van der Waals surface area contributed by atoms with Crippen molar-refractivity contribution < 1.29 is 4.79 Å². The summed E-state index contributed by atoms with van der Waals surface area (Å²) in [6.45, 7) is 5.87. The third-order valence-electron chi connectivity index (χ3n) is 4.57. The summed E-state index contributed by atoms with van der Waals surface area (Å²) in [7, 11) is 4.06. The van der Waals surface area contributed by atoms with E-state index >= 15 is 0 Å². The third-order valence-corrected chi connectivity index (χ3v) is 7.57. The molecule has 2 saturated heterocycles. The van der Waals surface area contributed by atoms with Gasteiger partial charge in [0.25, 0.3) is 0 Å². The second kappa shape index (κ2) is 12.5. The molecule has 6 heteroatoms. The van der Waals surface area contributed by atoms with Crippen LogP contribution in [0, 0.1) is 0 Å². The molecule has 0 aromatic heterocycles. The van der Waals surface area contributed by atoms with Crippen molar-refractivity contribution in [2.75, 3.05) is 45.0 Å². The Morgan fingerprint density at radius 1 is 1.00 bits per heavy atom. The Morgan fingerprint density at radius 2 is 1.87 bits per heavy atom. The lowest BCUT2D eigenvalue weighted by atomic mass is 10.1. The van der Waals surface area contributed by atoms with Gasteiger partial charge in [-0.05, 0) is 38.6 Å². The van der Waals surface area contributed by atoms with Crippen LogP contribution in [0.3, 0.4) is 0 Å². The zero-order valence-electron chi connectivity index (χ0n) is 14.4. The van der Waals surface area contributed by atoms with Gasteiger partial charge in [0.1, 0.15) is 0 Å².